The number of nitrogens with zero attached hydrogens (tertiary/aromatic N) is 3. The van der Waals surface area contributed by atoms with Crippen molar-refractivity contribution < 1.29 is 4.79 Å². The third kappa shape index (κ3) is 4.06. The SMILES string of the molecule is Cc1ccc(-c2nnc(SCC(=O)NC3CC3)n2-c2ccccc2)cc1C. The molecule has 0 aliphatic heterocycles. The maximum atomic E-state index is 12.1. The van der Waals surface area contributed by atoms with E-state index in [0.717, 1.165) is 35.1 Å². The number of hydrogen-bond acceptors (Lipinski definition) is 4. The molecule has 1 heterocycles. The number of nitrogens with one attached hydrogen (secondary N) is 1. The first-order valence-corrected chi connectivity index (χ1v) is 10.1. The number of hydrogen-bond donors (Lipinski definition) is 1. The van der Waals surface area contributed by atoms with E-state index in [4.69, 9.17) is 0 Å². The van der Waals surface area contributed by atoms with Crippen molar-refractivity contribution in [2.45, 2.75) is 37.9 Å². The molecule has 0 radical (unpaired) electrons. The molecule has 6 heteroatoms. The second-order valence-electron chi connectivity index (χ2n) is 6.91. The van der Waals surface area contributed by atoms with Crippen LogP contribution >= 0.6 is 11.8 Å². The minimum absolute atomic E-state index is 0.0536. The average molecular weight is 379 g/mol. The molecule has 0 bridgehead atoms. The maximum absolute atomic E-state index is 12.1. The molecule has 1 saturated carbocycles. The van der Waals surface area contributed by atoms with Gasteiger partial charge >= 0.3 is 0 Å². The lowest BCUT2D eigenvalue weighted by molar-refractivity contribution is -0.118. The molecular formula is C21H22N4OS. The molecule has 138 valence electrons. The van der Waals surface area contributed by atoms with E-state index < -0.39 is 0 Å². The minimum atomic E-state index is 0.0536. The lowest BCUT2D eigenvalue weighted by Crippen LogP contribution is -2.27. The van der Waals surface area contributed by atoms with Crippen LogP contribution in [0.1, 0.15) is 24.0 Å². The van der Waals surface area contributed by atoms with Crippen LogP contribution < -0.4 is 5.32 Å². The van der Waals surface area contributed by atoms with Gasteiger partial charge in [-0.15, -0.1) is 10.2 Å². The summed E-state index contributed by atoms with van der Waals surface area (Å²) in [5.41, 5.74) is 4.47. The Morgan fingerprint density at radius 2 is 1.89 bits per heavy atom. The maximum Gasteiger partial charge on any atom is 0.230 e. The van der Waals surface area contributed by atoms with Gasteiger partial charge in [0.05, 0.1) is 5.75 Å². The van der Waals surface area contributed by atoms with E-state index in [9.17, 15) is 4.79 Å². The highest BCUT2D eigenvalue weighted by molar-refractivity contribution is 7.99. The number of benzene rings is 2. The Morgan fingerprint density at radius 3 is 2.59 bits per heavy atom. The topological polar surface area (TPSA) is 59.8 Å². The zero-order chi connectivity index (χ0) is 18.8. The Balaban J connectivity index is 1.67. The van der Waals surface area contributed by atoms with Gasteiger partial charge < -0.3 is 5.32 Å². The first kappa shape index (κ1) is 17.8. The largest absolute Gasteiger partial charge is 0.353 e. The monoisotopic (exact) mass is 378 g/mol. The van der Waals surface area contributed by atoms with Crippen molar-refractivity contribution in [2.24, 2.45) is 0 Å². The van der Waals surface area contributed by atoms with E-state index in [0.29, 0.717) is 11.8 Å². The summed E-state index contributed by atoms with van der Waals surface area (Å²) in [5, 5.41) is 12.6. The standard InChI is InChI=1S/C21H22N4OS/c1-14-8-9-16(12-15(14)2)20-23-24-21(25(20)18-6-4-3-5-7-18)27-13-19(26)22-17-10-11-17/h3-9,12,17H,10-11,13H2,1-2H3,(H,22,26). The Morgan fingerprint density at radius 1 is 1.11 bits per heavy atom. The highest BCUT2D eigenvalue weighted by Crippen LogP contribution is 2.29. The number of thioether (sulfide) groups is 1. The van der Waals surface area contributed by atoms with Gasteiger partial charge in [-0.2, -0.15) is 0 Å². The van der Waals surface area contributed by atoms with Crippen LogP contribution in [0.2, 0.25) is 0 Å². The molecule has 0 unspecified atom stereocenters. The Kier molecular flexibility index (Phi) is 4.99. The molecule has 5 nitrogen and oxygen atoms in total. The fraction of sp³-hybridized carbons (Fsp3) is 0.286. The van der Waals surface area contributed by atoms with E-state index in [1.807, 2.05) is 34.9 Å². The second kappa shape index (κ2) is 7.56. The fourth-order valence-corrected chi connectivity index (χ4v) is 3.63. The Hall–Kier alpha value is -2.60. The number of amides is 1. The molecule has 1 aliphatic rings. The number of aryl methyl sites for hydroxylation is 2. The molecule has 1 amide bonds. The Bertz CT molecular complexity index is 964. The number of carbonyl (C=O) groups excluding carboxylic acids is 1. The summed E-state index contributed by atoms with van der Waals surface area (Å²) in [6.45, 7) is 4.20. The van der Waals surface area contributed by atoms with E-state index in [2.05, 4.69) is 47.6 Å². The number of carbonyl (C=O) groups is 1. The van der Waals surface area contributed by atoms with Crippen molar-refractivity contribution in [2.75, 3.05) is 5.75 Å². The molecule has 1 fully saturated rings. The molecule has 1 aliphatic carbocycles. The molecule has 27 heavy (non-hydrogen) atoms. The predicted octanol–water partition coefficient (Wildman–Crippen LogP) is 3.92. The van der Waals surface area contributed by atoms with Crippen LogP contribution in [0, 0.1) is 13.8 Å². The van der Waals surface area contributed by atoms with Crippen molar-refractivity contribution in [1.82, 2.24) is 20.1 Å². The summed E-state index contributed by atoms with van der Waals surface area (Å²) >= 11 is 1.42. The molecular weight excluding hydrogens is 356 g/mol. The Labute approximate surface area is 163 Å². The van der Waals surface area contributed by atoms with Crippen molar-refractivity contribution in [3.05, 3.63) is 59.7 Å². The lowest BCUT2D eigenvalue weighted by Gasteiger charge is -2.11. The summed E-state index contributed by atoms with van der Waals surface area (Å²) in [6, 6.07) is 16.7. The van der Waals surface area contributed by atoms with Crippen molar-refractivity contribution in [3.63, 3.8) is 0 Å². The van der Waals surface area contributed by atoms with Gasteiger partial charge in [0.1, 0.15) is 0 Å². The minimum Gasteiger partial charge on any atom is -0.353 e. The first-order chi connectivity index (χ1) is 13.1. The van der Waals surface area contributed by atoms with Crippen molar-refractivity contribution >= 4 is 17.7 Å². The summed E-state index contributed by atoms with van der Waals surface area (Å²) < 4.78 is 2.03. The summed E-state index contributed by atoms with van der Waals surface area (Å²) in [5.74, 6) is 1.18. The predicted molar refractivity (Wildman–Crippen MR) is 108 cm³/mol. The molecule has 0 spiro atoms. The molecule has 1 N–H and O–H groups in total. The van der Waals surface area contributed by atoms with E-state index in [1.54, 1.807) is 0 Å². The number of para-hydroxylation sites is 1. The van der Waals surface area contributed by atoms with Gasteiger partial charge in [0.15, 0.2) is 11.0 Å². The molecule has 0 saturated heterocycles. The molecule has 2 aromatic carbocycles. The van der Waals surface area contributed by atoms with Crippen LogP contribution in [0.5, 0.6) is 0 Å². The van der Waals surface area contributed by atoms with Gasteiger partial charge in [0.25, 0.3) is 0 Å². The van der Waals surface area contributed by atoms with Gasteiger partial charge in [-0.25, -0.2) is 0 Å². The highest BCUT2D eigenvalue weighted by Gasteiger charge is 2.24. The summed E-state index contributed by atoms with van der Waals surface area (Å²) in [7, 11) is 0. The van der Waals surface area contributed by atoms with Crippen LogP contribution in [-0.2, 0) is 4.79 Å². The van der Waals surface area contributed by atoms with Crippen molar-refractivity contribution in [3.8, 4) is 17.1 Å². The molecule has 1 aromatic heterocycles. The summed E-state index contributed by atoms with van der Waals surface area (Å²) in [4.78, 5) is 12.1. The average Bonchev–Trinajstić information content (AvgIpc) is 3.38. The van der Waals surface area contributed by atoms with Gasteiger partial charge in [-0.1, -0.05) is 42.1 Å². The van der Waals surface area contributed by atoms with Gasteiger partial charge in [-0.3, -0.25) is 9.36 Å². The highest BCUT2D eigenvalue weighted by atomic mass is 32.2. The molecule has 4 rings (SSSR count). The normalized spacial score (nSPS) is 13.6. The lowest BCUT2D eigenvalue weighted by atomic mass is 10.1. The zero-order valence-electron chi connectivity index (χ0n) is 15.5. The smallest absolute Gasteiger partial charge is 0.230 e. The van der Waals surface area contributed by atoms with Crippen LogP contribution in [0.3, 0.4) is 0 Å². The first-order valence-electron chi connectivity index (χ1n) is 9.12. The van der Waals surface area contributed by atoms with Crippen LogP contribution in [-0.4, -0.2) is 32.5 Å². The van der Waals surface area contributed by atoms with E-state index >= 15 is 0 Å². The fourth-order valence-electron chi connectivity index (χ4n) is 2.87. The van der Waals surface area contributed by atoms with Crippen LogP contribution in [0.15, 0.2) is 53.7 Å². The third-order valence-electron chi connectivity index (χ3n) is 4.69. The summed E-state index contributed by atoms with van der Waals surface area (Å²) in [6.07, 6.45) is 2.18. The van der Waals surface area contributed by atoms with Crippen molar-refractivity contribution in [1.29, 1.82) is 0 Å². The third-order valence-corrected chi connectivity index (χ3v) is 5.62. The molecule has 3 aromatic rings. The van der Waals surface area contributed by atoms with E-state index in [1.165, 1.54) is 22.9 Å². The second-order valence-corrected chi connectivity index (χ2v) is 7.85. The number of aromatic nitrogens is 3. The van der Waals surface area contributed by atoms with E-state index in [-0.39, 0.29) is 5.91 Å². The van der Waals surface area contributed by atoms with Gasteiger partial charge in [0.2, 0.25) is 5.91 Å². The van der Waals surface area contributed by atoms with Gasteiger partial charge in [0, 0.05) is 17.3 Å². The quantitative estimate of drug-likeness (QED) is 0.661. The zero-order valence-corrected chi connectivity index (χ0v) is 16.3. The number of rotatable bonds is 6. The van der Waals surface area contributed by atoms with Crippen LogP contribution in [0.25, 0.3) is 17.1 Å². The molecule has 0 atom stereocenters. The van der Waals surface area contributed by atoms with Gasteiger partial charge in [-0.05, 0) is 56.0 Å². The van der Waals surface area contributed by atoms with Crippen LogP contribution in [0.4, 0.5) is 0 Å².